The van der Waals surface area contributed by atoms with Crippen LogP contribution in [-0.2, 0) is 4.79 Å². The summed E-state index contributed by atoms with van der Waals surface area (Å²) in [7, 11) is -2.51. The van der Waals surface area contributed by atoms with E-state index >= 15 is 0 Å². The van der Waals surface area contributed by atoms with Gasteiger partial charge in [-0.15, -0.1) is 0 Å². The van der Waals surface area contributed by atoms with Crippen molar-refractivity contribution in [2.24, 2.45) is 0 Å². The van der Waals surface area contributed by atoms with Crippen molar-refractivity contribution < 1.29 is 4.79 Å². The molecule has 0 saturated heterocycles. The van der Waals surface area contributed by atoms with Crippen LogP contribution in [0.1, 0.15) is 0 Å². The van der Waals surface area contributed by atoms with Crippen LogP contribution >= 0.6 is 18.6 Å². The Balaban J connectivity index is 2.30. The Morgan fingerprint density at radius 3 is 1.70 bits per heavy atom. The summed E-state index contributed by atoms with van der Waals surface area (Å²) in [6, 6.07) is 25.6. The van der Waals surface area contributed by atoms with E-state index in [1.165, 1.54) is 10.6 Å². The second-order valence-electron chi connectivity index (χ2n) is 4.64. The van der Waals surface area contributed by atoms with Crippen molar-refractivity contribution in [1.29, 1.82) is 0 Å². The van der Waals surface area contributed by atoms with E-state index in [-0.39, 0.29) is 0 Å². The van der Waals surface area contributed by atoms with E-state index in [2.05, 4.69) is 30.3 Å². The van der Waals surface area contributed by atoms with E-state index in [0.717, 1.165) is 10.6 Å². The molecule has 0 bridgehead atoms. The summed E-state index contributed by atoms with van der Waals surface area (Å²) in [6.07, 6.45) is 0. The first-order valence-corrected chi connectivity index (χ1v) is 9.45. The van der Waals surface area contributed by atoms with Gasteiger partial charge in [0.1, 0.15) is 0 Å². The van der Waals surface area contributed by atoms with Crippen LogP contribution < -0.4 is 15.2 Å². The molecule has 100 valence electrons. The zero-order valence-electron chi connectivity index (χ0n) is 10.9. The molecule has 0 fully saturated rings. The molecule has 0 aliphatic rings. The third-order valence-corrected chi connectivity index (χ3v) is 9.33. The molecule has 1 aromatic heterocycles. The average molecular weight is 298 g/mol. The molecule has 3 heteroatoms. The zero-order valence-corrected chi connectivity index (χ0v) is 12.7. The van der Waals surface area contributed by atoms with Crippen molar-refractivity contribution in [2.45, 2.75) is 0 Å². The second kappa shape index (κ2) is 5.70. The van der Waals surface area contributed by atoms with Gasteiger partial charge in [-0.2, -0.15) is 0 Å². The molecular formula is C17H15OPS. The van der Waals surface area contributed by atoms with E-state index < -0.39 is 7.26 Å². The van der Waals surface area contributed by atoms with Crippen LogP contribution in [0.2, 0.25) is 0 Å². The van der Waals surface area contributed by atoms with Gasteiger partial charge >= 0.3 is 123 Å². The second-order valence-corrected chi connectivity index (χ2v) is 9.49. The van der Waals surface area contributed by atoms with E-state index in [0.29, 0.717) is 0 Å². The summed E-state index contributed by atoms with van der Waals surface area (Å²) < 4.78 is 1.19. The van der Waals surface area contributed by atoms with Crippen LogP contribution in [0.3, 0.4) is 0 Å². The van der Waals surface area contributed by atoms with E-state index in [1.54, 1.807) is 11.3 Å². The van der Waals surface area contributed by atoms with Crippen molar-refractivity contribution in [1.82, 2.24) is 0 Å². The molecule has 0 radical (unpaired) electrons. The van der Waals surface area contributed by atoms with Gasteiger partial charge in [0.05, 0.1) is 0 Å². The minimum atomic E-state index is -2.51. The van der Waals surface area contributed by atoms with Gasteiger partial charge in [0.2, 0.25) is 0 Å². The fraction of sp³-hybridized carbons (Fsp3) is 0. The molecule has 0 aliphatic carbocycles. The van der Waals surface area contributed by atoms with Gasteiger partial charge in [0.25, 0.3) is 0 Å². The fourth-order valence-corrected chi connectivity index (χ4v) is 7.90. The van der Waals surface area contributed by atoms with E-state index in [1.807, 2.05) is 47.8 Å². The summed E-state index contributed by atoms with van der Waals surface area (Å²) in [5.74, 6) is 0. The van der Waals surface area contributed by atoms with Crippen LogP contribution in [0.15, 0.2) is 78.2 Å². The fourth-order valence-electron chi connectivity index (χ4n) is 2.55. The molecule has 1 nitrogen and oxygen atoms in total. The normalized spacial score (nSPS) is 12.0. The molecule has 0 N–H and O–H groups in total. The van der Waals surface area contributed by atoms with E-state index in [4.69, 9.17) is 0 Å². The first-order chi connectivity index (χ1) is 9.88. The van der Waals surface area contributed by atoms with Gasteiger partial charge in [-0.3, -0.25) is 0 Å². The Kier molecular flexibility index (Phi) is 3.77. The van der Waals surface area contributed by atoms with Crippen LogP contribution in [-0.4, -0.2) is 6.03 Å². The van der Waals surface area contributed by atoms with Crippen molar-refractivity contribution in [2.75, 3.05) is 0 Å². The third-order valence-electron chi connectivity index (χ3n) is 3.54. The van der Waals surface area contributed by atoms with Crippen molar-refractivity contribution in [3.8, 4) is 0 Å². The molecule has 3 aromatic rings. The molecule has 0 saturated carbocycles. The number of carbonyl (C=O) groups is 1. The first kappa shape index (κ1) is 13.2. The summed E-state index contributed by atoms with van der Waals surface area (Å²) >= 11 is 1.67. The molecule has 0 atom stereocenters. The monoisotopic (exact) mass is 298 g/mol. The van der Waals surface area contributed by atoms with E-state index in [9.17, 15) is 4.79 Å². The zero-order chi connectivity index (χ0) is 13.8. The van der Waals surface area contributed by atoms with Crippen molar-refractivity contribution >= 4 is 39.9 Å². The maximum atomic E-state index is 12.2. The predicted octanol–water partition coefficient (Wildman–Crippen LogP) is 2.96. The minimum absolute atomic E-state index is 1.14. The number of hydrogen-bond donors (Lipinski definition) is 0. The molecule has 0 amide bonds. The summed E-state index contributed by atoms with van der Waals surface area (Å²) in [6.45, 7) is 0. The standard InChI is InChI=1S/C17H15OPS/c18-14-19(17-12-7-13-20-17,15-8-3-1-4-9-15)16-10-5-2-6-11-16/h1-14,19H. The number of carbonyl (C=O) groups excluding carboxylic acids is 1. The molecule has 0 unspecified atom stereocenters. The predicted molar refractivity (Wildman–Crippen MR) is 91.2 cm³/mol. The SMILES string of the molecule is O=C[PH](c1ccccc1)(c1ccccc1)c1cccs1. The topological polar surface area (TPSA) is 17.1 Å². The number of rotatable bonds is 4. The molecular weight excluding hydrogens is 283 g/mol. The Morgan fingerprint density at radius 1 is 0.750 bits per heavy atom. The molecule has 0 aliphatic heterocycles. The molecule has 2 aromatic carbocycles. The Labute approximate surface area is 123 Å². The van der Waals surface area contributed by atoms with Gasteiger partial charge in [-0.05, 0) is 0 Å². The van der Waals surface area contributed by atoms with Crippen LogP contribution in [0.25, 0.3) is 0 Å². The average Bonchev–Trinajstić information content (AvgIpc) is 3.06. The first-order valence-electron chi connectivity index (χ1n) is 6.49. The van der Waals surface area contributed by atoms with Gasteiger partial charge < -0.3 is 0 Å². The summed E-state index contributed by atoms with van der Waals surface area (Å²) in [4.78, 5) is 12.2. The Bertz CT molecular complexity index is 638. The Morgan fingerprint density at radius 2 is 1.30 bits per heavy atom. The van der Waals surface area contributed by atoms with Gasteiger partial charge in [0, 0.05) is 0 Å². The number of hydrogen-bond acceptors (Lipinski definition) is 2. The molecule has 0 spiro atoms. The van der Waals surface area contributed by atoms with Crippen LogP contribution in [0, 0.1) is 0 Å². The molecule has 20 heavy (non-hydrogen) atoms. The van der Waals surface area contributed by atoms with Crippen molar-refractivity contribution in [3.63, 3.8) is 0 Å². The molecule has 1 heterocycles. The third kappa shape index (κ3) is 2.11. The maximum absolute atomic E-state index is 12.2. The molecule has 3 rings (SSSR count). The van der Waals surface area contributed by atoms with Crippen LogP contribution in [0.5, 0.6) is 0 Å². The summed E-state index contributed by atoms with van der Waals surface area (Å²) in [5.41, 5.74) is 0. The van der Waals surface area contributed by atoms with Crippen molar-refractivity contribution in [3.05, 3.63) is 78.2 Å². The number of thiophene rings is 1. The Hall–Kier alpha value is -1.76. The van der Waals surface area contributed by atoms with Crippen LogP contribution in [0.4, 0.5) is 0 Å². The van der Waals surface area contributed by atoms with Gasteiger partial charge in [0.15, 0.2) is 0 Å². The summed E-state index contributed by atoms with van der Waals surface area (Å²) in [5, 5.41) is 4.33. The van der Waals surface area contributed by atoms with Gasteiger partial charge in [-0.25, -0.2) is 0 Å². The quantitative estimate of drug-likeness (QED) is 0.534. The number of benzene rings is 2. The van der Waals surface area contributed by atoms with Gasteiger partial charge in [-0.1, -0.05) is 0 Å².